The number of carbonyl (C=O) groups is 1. The molecule has 0 fully saturated rings. The lowest BCUT2D eigenvalue weighted by molar-refractivity contribution is -0.122. The van der Waals surface area contributed by atoms with Crippen LogP contribution < -0.4 is 10.6 Å². The maximum Gasteiger partial charge on any atom is 0.243 e. The van der Waals surface area contributed by atoms with Gasteiger partial charge in [-0.15, -0.1) is 0 Å². The second-order valence-electron chi connectivity index (χ2n) is 5.07. The lowest BCUT2D eigenvalue weighted by Crippen LogP contribution is -2.39. The summed E-state index contributed by atoms with van der Waals surface area (Å²) in [5.74, 6) is 0.0329. The minimum atomic E-state index is -0.184. The van der Waals surface area contributed by atoms with Gasteiger partial charge in [-0.2, -0.15) is 0 Å². The lowest BCUT2D eigenvalue weighted by Gasteiger charge is -2.17. The van der Waals surface area contributed by atoms with E-state index in [0.717, 1.165) is 17.7 Å². The van der Waals surface area contributed by atoms with Crippen LogP contribution in [0.25, 0.3) is 0 Å². The van der Waals surface area contributed by atoms with Gasteiger partial charge in [0.15, 0.2) is 0 Å². The van der Waals surface area contributed by atoms with Crippen molar-refractivity contribution in [1.29, 1.82) is 0 Å². The Hall–Kier alpha value is -2.36. The standard InChI is InChI=1S/C16H17N3O/c1-11(12-6-8-17-9-7-12)18-16(20)15-10-13-4-2-3-5-14(13)19-15/h2-9,11,15,19H,10H2,1H3,(H,18,20)/t11-,15+/m1/s1. The number of para-hydroxylation sites is 1. The Morgan fingerprint density at radius 3 is 2.80 bits per heavy atom. The van der Waals surface area contributed by atoms with Gasteiger partial charge in [-0.25, -0.2) is 0 Å². The third-order valence-electron chi connectivity index (χ3n) is 3.65. The zero-order valence-corrected chi connectivity index (χ0v) is 11.3. The average Bonchev–Trinajstić information content (AvgIpc) is 2.92. The topological polar surface area (TPSA) is 54.0 Å². The Bertz CT molecular complexity index is 587. The lowest BCUT2D eigenvalue weighted by atomic mass is 10.1. The maximum absolute atomic E-state index is 12.3. The van der Waals surface area contributed by atoms with Crippen molar-refractivity contribution in [2.24, 2.45) is 0 Å². The molecule has 3 rings (SSSR count). The van der Waals surface area contributed by atoms with Crippen LogP contribution in [-0.4, -0.2) is 16.9 Å². The molecular weight excluding hydrogens is 250 g/mol. The van der Waals surface area contributed by atoms with Crippen molar-refractivity contribution >= 4 is 11.6 Å². The molecule has 1 aromatic carbocycles. The fourth-order valence-corrected chi connectivity index (χ4v) is 2.51. The van der Waals surface area contributed by atoms with E-state index in [1.54, 1.807) is 12.4 Å². The Kier molecular flexibility index (Phi) is 3.37. The molecule has 1 aromatic heterocycles. The molecule has 102 valence electrons. The average molecular weight is 267 g/mol. The number of benzene rings is 1. The molecule has 0 saturated heterocycles. The van der Waals surface area contributed by atoms with Crippen LogP contribution in [0.4, 0.5) is 5.69 Å². The van der Waals surface area contributed by atoms with Crippen LogP contribution in [0.5, 0.6) is 0 Å². The number of pyridine rings is 1. The van der Waals surface area contributed by atoms with Crippen LogP contribution in [0.2, 0.25) is 0 Å². The molecule has 2 N–H and O–H groups in total. The number of hydrogen-bond acceptors (Lipinski definition) is 3. The smallest absolute Gasteiger partial charge is 0.243 e. The fourth-order valence-electron chi connectivity index (χ4n) is 2.51. The normalized spacial score (nSPS) is 17.9. The second kappa shape index (κ2) is 5.33. The molecule has 2 atom stereocenters. The number of amides is 1. The molecule has 1 aliphatic rings. The SMILES string of the molecule is C[C@@H](NC(=O)[C@@H]1Cc2ccccc2N1)c1ccncc1. The van der Waals surface area contributed by atoms with Crippen molar-refractivity contribution in [2.45, 2.75) is 25.4 Å². The van der Waals surface area contributed by atoms with Crippen molar-refractivity contribution in [3.05, 3.63) is 59.9 Å². The Labute approximate surface area is 118 Å². The highest BCUT2D eigenvalue weighted by Gasteiger charge is 2.27. The van der Waals surface area contributed by atoms with Crippen LogP contribution in [-0.2, 0) is 11.2 Å². The molecule has 4 nitrogen and oxygen atoms in total. The highest BCUT2D eigenvalue weighted by molar-refractivity contribution is 5.87. The third kappa shape index (κ3) is 2.50. The van der Waals surface area contributed by atoms with Crippen molar-refractivity contribution in [2.75, 3.05) is 5.32 Å². The van der Waals surface area contributed by atoms with E-state index in [1.807, 2.05) is 37.3 Å². The molecule has 1 aliphatic heterocycles. The minimum Gasteiger partial charge on any atom is -0.373 e. The zero-order chi connectivity index (χ0) is 13.9. The third-order valence-corrected chi connectivity index (χ3v) is 3.65. The molecule has 2 heterocycles. The molecule has 4 heteroatoms. The molecule has 0 bridgehead atoms. The van der Waals surface area contributed by atoms with E-state index in [-0.39, 0.29) is 18.0 Å². The molecule has 0 spiro atoms. The number of carbonyl (C=O) groups excluding carboxylic acids is 1. The Morgan fingerprint density at radius 2 is 2.05 bits per heavy atom. The van der Waals surface area contributed by atoms with Gasteiger partial charge in [0.1, 0.15) is 6.04 Å². The maximum atomic E-state index is 12.3. The Morgan fingerprint density at radius 1 is 1.30 bits per heavy atom. The first-order valence-electron chi connectivity index (χ1n) is 6.79. The molecule has 0 aliphatic carbocycles. The number of anilines is 1. The summed E-state index contributed by atoms with van der Waals surface area (Å²) in [4.78, 5) is 16.3. The van der Waals surface area contributed by atoms with Crippen molar-refractivity contribution in [3.8, 4) is 0 Å². The molecule has 0 unspecified atom stereocenters. The fraction of sp³-hybridized carbons (Fsp3) is 0.250. The predicted molar refractivity (Wildman–Crippen MR) is 78.4 cm³/mol. The van der Waals surface area contributed by atoms with Crippen LogP contribution in [0.1, 0.15) is 24.1 Å². The molecule has 20 heavy (non-hydrogen) atoms. The van der Waals surface area contributed by atoms with Crippen LogP contribution in [0.3, 0.4) is 0 Å². The van der Waals surface area contributed by atoms with Gasteiger partial charge in [0.25, 0.3) is 0 Å². The van der Waals surface area contributed by atoms with Gasteiger partial charge in [-0.1, -0.05) is 18.2 Å². The van der Waals surface area contributed by atoms with Crippen molar-refractivity contribution in [3.63, 3.8) is 0 Å². The number of nitrogens with one attached hydrogen (secondary N) is 2. The number of fused-ring (bicyclic) bond motifs is 1. The first kappa shape index (κ1) is 12.7. The van der Waals surface area contributed by atoms with Crippen LogP contribution >= 0.6 is 0 Å². The summed E-state index contributed by atoms with van der Waals surface area (Å²) in [6, 6.07) is 11.7. The van der Waals surface area contributed by atoms with E-state index in [1.165, 1.54) is 5.56 Å². The first-order valence-corrected chi connectivity index (χ1v) is 6.79. The highest BCUT2D eigenvalue weighted by atomic mass is 16.2. The van der Waals surface area contributed by atoms with Gasteiger partial charge >= 0.3 is 0 Å². The Balaban J connectivity index is 1.64. The van der Waals surface area contributed by atoms with E-state index in [4.69, 9.17) is 0 Å². The van der Waals surface area contributed by atoms with E-state index in [2.05, 4.69) is 21.7 Å². The molecule has 1 amide bonds. The number of hydrogen-bond donors (Lipinski definition) is 2. The second-order valence-corrected chi connectivity index (χ2v) is 5.07. The predicted octanol–water partition coefficient (Wildman–Crippen LogP) is 2.30. The summed E-state index contributed by atoms with van der Waals surface area (Å²) in [6.45, 7) is 1.98. The van der Waals surface area contributed by atoms with E-state index in [0.29, 0.717) is 0 Å². The monoisotopic (exact) mass is 267 g/mol. The van der Waals surface area contributed by atoms with Gasteiger partial charge in [-0.05, 0) is 36.2 Å². The van der Waals surface area contributed by atoms with E-state index < -0.39 is 0 Å². The highest BCUT2D eigenvalue weighted by Crippen LogP contribution is 2.25. The van der Waals surface area contributed by atoms with Crippen LogP contribution in [0.15, 0.2) is 48.8 Å². The number of rotatable bonds is 3. The molecule has 0 saturated carbocycles. The minimum absolute atomic E-state index is 0.0176. The molecule has 0 radical (unpaired) electrons. The number of aromatic nitrogens is 1. The number of nitrogens with zero attached hydrogens (tertiary/aromatic N) is 1. The van der Waals surface area contributed by atoms with Gasteiger partial charge in [0, 0.05) is 24.5 Å². The van der Waals surface area contributed by atoms with E-state index in [9.17, 15) is 4.79 Å². The zero-order valence-electron chi connectivity index (χ0n) is 11.3. The summed E-state index contributed by atoms with van der Waals surface area (Å²) in [5, 5.41) is 6.31. The summed E-state index contributed by atoms with van der Waals surface area (Å²) < 4.78 is 0. The van der Waals surface area contributed by atoms with Crippen molar-refractivity contribution in [1.82, 2.24) is 10.3 Å². The van der Waals surface area contributed by atoms with Gasteiger partial charge in [0.2, 0.25) is 5.91 Å². The van der Waals surface area contributed by atoms with Crippen LogP contribution in [0, 0.1) is 0 Å². The molecular formula is C16H17N3O. The van der Waals surface area contributed by atoms with E-state index >= 15 is 0 Å². The summed E-state index contributed by atoms with van der Waals surface area (Å²) >= 11 is 0. The van der Waals surface area contributed by atoms with Crippen molar-refractivity contribution < 1.29 is 4.79 Å². The van der Waals surface area contributed by atoms with Gasteiger partial charge in [0.05, 0.1) is 6.04 Å². The van der Waals surface area contributed by atoms with Gasteiger partial charge < -0.3 is 10.6 Å². The summed E-state index contributed by atoms with van der Waals surface area (Å²) in [7, 11) is 0. The summed E-state index contributed by atoms with van der Waals surface area (Å²) in [6.07, 6.45) is 4.22. The quantitative estimate of drug-likeness (QED) is 0.897. The van der Waals surface area contributed by atoms with Gasteiger partial charge in [-0.3, -0.25) is 9.78 Å². The largest absolute Gasteiger partial charge is 0.373 e. The first-order chi connectivity index (χ1) is 9.74. The molecule has 2 aromatic rings. The summed E-state index contributed by atoms with van der Waals surface area (Å²) in [5.41, 5.74) is 3.32.